The third-order valence-corrected chi connectivity index (χ3v) is 4.72. The molecular weight excluding hydrogens is 420 g/mol. The number of nitrogens with two attached hydrogens (primary N) is 1. The highest BCUT2D eigenvalue weighted by Gasteiger charge is 2.31. The van der Waals surface area contributed by atoms with Crippen LogP contribution in [0.25, 0.3) is 0 Å². The second-order valence-corrected chi connectivity index (χ2v) is 8.39. The zero-order chi connectivity index (χ0) is 24.4. The summed E-state index contributed by atoms with van der Waals surface area (Å²) in [5, 5.41) is 26.0. The average Bonchev–Trinajstić information content (AvgIpc) is 3.22. The van der Waals surface area contributed by atoms with Crippen LogP contribution in [-0.4, -0.2) is 74.6 Å². The van der Waals surface area contributed by atoms with Crippen molar-refractivity contribution in [3.8, 4) is 0 Å². The van der Waals surface area contributed by atoms with Gasteiger partial charge in [0.1, 0.15) is 24.2 Å². The Labute approximate surface area is 186 Å². The number of carbonyl (C=O) groups excluding carboxylic acids is 3. The van der Waals surface area contributed by atoms with E-state index < -0.39 is 54.5 Å². The number of carboxylic acid groups (broad SMARTS) is 1. The number of rotatable bonds is 13. The van der Waals surface area contributed by atoms with Gasteiger partial charge in [-0.2, -0.15) is 0 Å². The Balaban J connectivity index is 3.03. The molecule has 1 heterocycles. The SMILES string of the molecule is CC(C)CC(NC(=O)C(Cc1cnc[nH]1)NC(=O)C(N)CO)C(=O)NC(C(=O)O)C(C)C. The number of nitrogens with one attached hydrogen (secondary N) is 4. The monoisotopic (exact) mass is 454 g/mol. The Kier molecular flexibility index (Phi) is 10.8. The summed E-state index contributed by atoms with van der Waals surface area (Å²) >= 11 is 0. The fraction of sp³-hybridized carbons (Fsp3) is 0.650. The van der Waals surface area contributed by atoms with E-state index in [1.807, 2.05) is 13.8 Å². The first-order valence-corrected chi connectivity index (χ1v) is 10.4. The van der Waals surface area contributed by atoms with Crippen molar-refractivity contribution in [1.29, 1.82) is 0 Å². The van der Waals surface area contributed by atoms with Crippen molar-refractivity contribution in [1.82, 2.24) is 25.9 Å². The average molecular weight is 455 g/mol. The van der Waals surface area contributed by atoms with Gasteiger partial charge in [-0.25, -0.2) is 9.78 Å². The highest BCUT2D eigenvalue weighted by atomic mass is 16.4. The number of carbonyl (C=O) groups is 4. The zero-order valence-corrected chi connectivity index (χ0v) is 18.8. The first kappa shape index (κ1) is 27.0. The van der Waals surface area contributed by atoms with Gasteiger partial charge in [0, 0.05) is 18.3 Å². The smallest absolute Gasteiger partial charge is 0.326 e. The molecule has 0 saturated carbocycles. The van der Waals surface area contributed by atoms with Gasteiger partial charge in [0.2, 0.25) is 17.7 Å². The number of carboxylic acids is 1. The summed E-state index contributed by atoms with van der Waals surface area (Å²) in [5.74, 6) is -3.55. The number of aliphatic hydroxyl groups is 1. The van der Waals surface area contributed by atoms with Crippen molar-refractivity contribution in [3.05, 3.63) is 18.2 Å². The van der Waals surface area contributed by atoms with E-state index >= 15 is 0 Å². The van der Waals surface area contributed by atoms with Crippen molar-refractivity contribution in [3.63, 3.8) is 0 Å². The van der Waals surface area contributed by atoms with E-state index in [1.165, 1.54) is 12.5 Å². The molecule has 1 aromatic heterocycles. The number of imidazole rings is 1. The molecule has 1 aromatic rings. The van der Waals surface area contributed by atoms with E-state index in [0.717, 1.165) is 0 Å². The van der Waals surface area contributed by atoms with Crippen LogP contribution < -0.4 is 21.7 Å². The molecule has 0 aromatic carbocycles. The molecule has 4 atom stereocenters. The van der Waals surface area contributed by atoms with Gasteiger partial charge in [0.25, 0.3) is 0 Å². The van der Waals surface area contributed by atoms with Crippen LogP contribution in [-0.2, 0) is 25.6 Å². The number of aliphatic carboxylic acids is 1. The predicted molar refractivity (Wildman–Crippen MR) is 115 cm³/mol. The molecule has 32 heavy (non-hydrogen) atoms. The first-order valence-electron chi connectivity index (χ1n) is 10.4. The van der Waals surface area contributed by atoms with E-state index in [4.69, 9.17) is 10.8 Å². The van der Waals surface area contributed by atoms with Crippen LogP contribution in [0.1, 0.15) is 39.8 Å². The van der Waals surface area contributed by atoms with Gasteiger partial charge in [-0.1, -0.05) is 27.7 Å². The normalized spacial score (nSPS) is 15.0. The maximum atomic E-state index is 13.0. The minimum atomic E-state index is -1.22. The quantitative estimate of drug-likeness (QED) is 0.187. The van der Waals surface area contributed by atoms with E-state index in [9.17, 15) is 24.3 Å². The van der Waals surface area contributed by atoms with Gasteiger partial charge in [-0.3, -0.25) is 14.4 Å². The molecule has 12 nitrogen and oxygen atoms in total. The van der Waals surface area contributed by atoms with Gasteiger partial charge < -0.3 is 36.9 Å². The minimum Gasteiger partial charge on any atom is -0.480 e. The molecule has 0 bridgehead atoms. The minimum absolute atomic E-state index is 0.0110. The lowest BCUT2D eigenvalue weighted by Gasteiger charge is -2.26. The maximum absolute atomic E-state index is 13.0. The van der Waals surface area contributed by atoms with Gasteiger partial charge in [-0.15, -0.1) is 0 Å². The van der Waals surface area contributed by atoms with E-state index in [2.05, 4.69) is 25.9 Å². The lowest BCUT2D eigenvalue weighted by Crippen LogP contribution is -2.58. The highest BCUT2D eigenvalue weighted by Crippen LogP contribution is 2.09. The van der Waals surface area contributed by atoms with Crippen LogP contribution in [0, 0.1) is 11.8 Å². The van der Waals surface area contributed by atoms with Gasteiger partial charge in [0.15, 0.2) is 0 Å². The third kappa shape index (κ3) is 8.63. The second kappa shape index (κ2) is 12.8. The molecule has 0 spiro atoms. The number of aromatic amines is 1. The lowest BCUT2D eigenvalue weighted by molar-refractivity contribution is -0.143. The van der Waals surface area contributed by atoms with Crippen molar-refractivity contribution >= 4 is 23.7 Å². The van der Waals surface area contributed by atoms with Gasteiger partial charge in [0.05, 0.1) is 12.9 Å². The van der Waals surface area contributed by atoms with Crippen LogP contribution in [0.15, 0.2) is 12.5 Å². The van der Waals surface area contributed by atoms with Gasteiger partial charge in [-0.05, 0) is 18.3 Å². The molecule has 0 radical (unpaired) electrons. The Hall–Kier alpha value is -2.99. The Bertz CT molecular complexity index is 767. The highest BCUT2D eigenvalue weighted by molar-refractivity contribution is 5.94. The molecule has 4 unspecified atom stereocenters. The molecule has 0 aliphatic heterocycles. The van der Waals surface area contributed by atoms with E-state index in [1.54, 1.807) is 13.8 Å². The maximum Gasteiger partial charge on any atom is 0.326 e. The van der Waals surface area contributed by atoms with Crippen LogP contribution >= 0.6 is 0 Å². The molecule has 3 amide bonds. The van der Waals surface area contributed by atoms with Crippen LogP contribution in [0.4, 0.5) is 0 Å². The number of nitrogens with zero attached hydrogens (tertiary/aromatic N) is 1. The standard InChI is InChI=1S/C20H34N6O6/c1-10(2)5-14(19(30)26-16(11(3)4)20(31)32)25-18(29)15(6-12-7-22-9-23-12)24-17(28)13(21)8-27/h7,9-11,13-16,27H,5-6,8,21H2,1-4H3,(H,22,23)(H,24,28)(H,25,29)(H,26,30)(H,31,32). The van der Waals surface area contributed by atoms with Crippen molar-refractivity contribution in [2.24, 2.45) is 17.6 Å². The summed E-state index contributed by atoms with van der Waals surface area (Å²) < 4.78 is 0. The first-order chi connectivity index (χ1) is 15.0. The van der Waals surface area contributed by atoms with Crippen molar-refractivity contribution in [2.75, 3.05) is 6.61 Å². The van der Waals surface area contributed by atoms with E-state index in [0.29, 0.717) is 5.69 Å². The van der Waals surface area contributed by atoms with Crippen LogP contribution in [0.3, 0.4) is 0 Å². The fourth-order valence-electron chi connectivity index (χ4n) is 2.93. The summed E-state index contributed by atoms with van der Waals surface area (Å²) in [4.78, 5) is 56.1. The molecule has 0 fully saturated rings. The Morgan fingerprint density at radius 2 is 1.62 bits per heavy atom. The summed E-state index contributed by atoms with van der Waals surface area (Å²) in [5.41, 5.74) is 6.09. The topological polar surface area (TPSA) is 200 Å². The van der Waals surface area contributed by atoms with E-state index in [-0.39, 0.29) is 24.7 Å². The summed E-state index contributed by atoms with van der Waals surface area (Å²) in [6, 6.07) is -4.46. The summed E-state index contributed by atoms with van der Waals surface area (Å²) in [6.07, 6.45) is 3.19. The number of aliphatic hydroxyl groups excluding tert-OH is 1. The number of hydrogen-bond acceptors (Lipinski definition) is 7. The number of aromatic nitrogens is 2. The number of amides is 3. The Morgan fingerprint density at radius 1 is 1.03 bits per heavy atom. The van der Waals surface area contributed by atoms with Crippen LogP contribution in [0.5, 0.6) is 0 Å². The zero-order valence-electron chi connectivity index (χ0n) is 18.8. The molecule has 0 aliphatic rings. The molecular formula is C20H34N6O6. The molecule has 12 heteroatoms. The number of H-pyrrole nitrogens is 1. The van der Waals surface area contributed by atoms with Crippen molar-refractivity contribution < 1.29 is 29.4 Å². The summed E-state index contributed by atoms with van der Waals surface area (Å²) in [6.45, 7) is 6.43. The number of hydrogen-bond donors (Lipinski definition) is 7. The largest absolute Gasteiger partial charge is 0.480 e. The second-order valence-electron chi connectivity index (χ2n) is 8.39. The molecule has 1 rings (SSSR count). The molecule has 0 aliphatic carbocycles. The molecule has 180 valence electrons. The lowest BCUT2D eigenvalue weighted by atomic mass is 10.00. The predicted octanol–water partition coefficient (Wildman–Crippen LogP) is -1.49. The molecule has 0 saturated heterocycles. The van der Waals surface area contributed by atoms with Crippen molar-refractivity contribution in [2.45, 2.75) is 64.7 Å². The third-order valence-electron chi connectivity index (χ3n) is 4.72. The van der Waals surface area contributed by atoms with Crippen LogP contribution in [0.2, 0.25) is 0 Å². The van der Waals surface area contributed by atoms with Gasteiger partial charge >= 0.3 is 5.97 Å². The molecule has 8 N–H and O–H groups in total. The summed E-state index contributed by atoms with van der Waals surface area (Å²) in [7, 11) is 0. The fourth-order valence-corrected chi connectivity index (χ4v) is 2.93. The Morgan fingerprint density at radius 3 is 2.09 bits per heavy atom.